The van der Waals surface area contributed by atoms with Crippen LogP contribution in [0.2, 0.25) is 0 Å². The van der Waals surface area contributed by atoms with Gasteiger partial charge in [0.05, 0.1) is 5.69 Å². The number of nitrogens with zero attached hydrogens (tertiary/aromatic N) is 2. The van der Waals surface area contributed by atoms with E-state index in [1.54, 1.807) is 6.07 Å². The van der Waals surface area contributed by atoms with Crippen molar-refractivity contribution in [1.29, 1.82) is 0 Å². The van der Waals surface area contributed by atoms with Crippen LogP contribution >= 0.6 is 15.9 Å². The normalized spacial score (nSPS) is 10.5. The van der Waals surface area contributed by atoms with Crippen molar-refractivity contribution < 1.29 is 4.79 Å². The predicted octanol–water partition coefficient (Wildman–Crippen LogP) is 3.43. The fourth-order valence-electron chi connectivity index (χ4n) is 1.75. The molecule has 1 aromatic carbocycles. The Morgan fingerprint density at radius 3 is 2.67 bits per heavy atom. The monoisotopic (exact) mass is 348 g/mol. The molecule has 110 valence electrons. The fraction of sp³-hybridized carbons (Fsp3) is 0.267. The molecule has 0 unspecified atom stereocenters. The Balaban J connectivity index is 2.19. The molecule has 6 heteroatoms. The third-order valence-corrected chi connectivity index (χ3v) is 3.36. The number of benzene rings is 1. The minimum absolute atomic E-state index is 0.0649. The van der Waals surface area contributed by atoms with Gasteiger partial charge in [-0.1, -0.05) is 6.07 Å². The molecule has 0 fully saturated rings. The number of nitrogens with one attached hydrogen (secondary N) is 2. The summed E-state index contributed by atoms with van der Waals surface area (Å²) in [5, 5.41) is 5.97. The summed E-state index contributed by atoms with van der Waals surface area (Å²) < 4.78 is 0.939. The van der Waals surface area contributed by atoms with Gasteiger partial charge in [0.1, 0.15) is 17.8 Å². The standard InChI is InChI=1S/C15H17BrN4O/c1-9(2)19-15(21)13-7-14(18-8-17-13)20-12-5-4-10(3)6-11(12)16/h4-9H,1-3H3,(H,19,21)(H,17,18,20). The van der Waals surface area contributed by atoms with Crippen LogP contribution in [-0.4, -0.2) is 21.9 Å². The van der Waals surface area contributed by atoms with E-state index in [0.717, 1.165) is 15.7 Å². The molecular weight excluding hydrogens is 332 g/mol. The van der Waals surface area contributed by atoms with Gasteiger partial charge < -0.3 is 10.6 Å². The molecule has 2 rings (SSSR count). The van der Waals surface area contributed by atoms with Gasteiger partial charge in [0.2, 0.25) is 0 Å². The van der Waals surface area contributed by atoms with Crippen molar-refractivity contribution in [2.45, 2.75) is 26.8 Å². The molecule has 1 amide bonds. The van der Waals surface area contributed by atoms with Gasteiger partial charge in [-0.3, -0.25) is 4.79 Å². The van der Waals surface area contributed by atoms with Gasteiger partial charge >= 0.3 is 0 Å². The molecule has 0 spiro atoms. The number of amides is 1. The highest BCUT2D eigenvalue weighted by molar-refractivity contribution is 9.10. The summed E-state index contributed by atoms with van der Waals surface area (Å²) >= 11 is 3.50. The van der Waals surface area contributed by atoms with Crippen molar-refractivity contribution in [3.8, 4) is 0 Å². The number of rotatable bonds is 4. The number of carbonyl (C=O) groups excluding carboxylic acids is 1. The van der Waals surface area contributed by atoms with Crippen LogP contribution in [0.1, 0.15) is 29.9 Å². The molecule has 0 saturated carbocycles. The van der Waals surface area contributed by atoms with E-state index in [0.29, 0.717) is 11.5 Å². The lowest BCUT2D eigenvalue weighted by Crippen LogP contribution is -2.30. The SMILES string of the molecule is Cc1ccc(Nc2cc(C(=O)NC(C)C)ncn2)c(Br)c1. The van der Waals surface area contributed by atoms with Gasteiger partial charge in [-0.05, 0) is 54.4 Å². The van der Waals surface area contributed by atoms with Crippen LogP contribution in [0.15, 0.2) is 35.1 Å². The minimum Gasteiger partial charge on any atom is -0.349 e. The zero-order valence-electron chi connectivity index (χ0n) is 12.1. The number of hydrogen-bond donors (Lipinski definition) is 2. The van der Waals surface area contributed by atoms with Crippen LogP contribution < -0.4 is 10.6 Å². The van der Waals surface area contributed by atoms with Crippen molar-refractivity contribution >= 4 is 33.3 Å². The number of anilines is 2. The van der Waals surface area contributed by atoms with Gasteiger partial charge in [0, 0.05) is 16.6 Å². The summed E-state index contributed by atoms with van der Waals surface area (Å²) in [6.45, 7) is 5.83. The first-order chi connectivity index (χ1) is 9.95. The van der Waals surface area contributed by atoms with Crippen molar-refractivity contribution in [2.24, 2.45) is 0 Å². The highest BCUT2D eigenvalue weighted by Gasteiger charge is 2.10. The lowest BCUT2D eigenvalue weighted by atomic mass is 10.2. The number of hydrogen-bond acceptors (Lipinski definition) is 4. The van der Waals surface area contributed by atoms with E-state index in [-0.39, 0.29) is 11.9 Å². The van der Waals surface area contributed by atoms with Crippen molar-refractivity contribution in [3.63, 3.8) is 0 Å². The van der Waals surface area contributed by atoms with Crippen LogP contribution in [0.25, 0.3) is 0 Å². The highest BCUT2D eigenvalue weighted by Crippen LogP contribution is 2.26. The first kappa shape index (κ1) is 15.4. The zero-order chi connectivity index (χ0) is 15.4. The molecule has 0 bridgehead atoms. The molecule has 0 aliphatic heterocycles. The van der Waals surface area contributed by atoms with Gasteiger partial charge in [0.15, 0.2) is 0 Å². The topological polar surface area (TPSA) is 66.9 Å². The van der Waals surface area contributed by atoms with E-state index in [1.165, 1.54) is 6.33 Å². The molecule has 0 radical (unpaired) electrons. The number of carbonyl (C=O) groups is 1. The van der Waals surface area contributed by atoms with Crippen LogP contribution in [0, 0.1) is 6.92 Å². The average Bonchev–Trinajstić information content (AvgIpc) is 2.41. The zero-order valence-corrected chi connectivity index (χ0v) is 13.7. The molecule has 2 N–H and O–H groups in total. The maximum absolute atomic E-state index is 11.9. The first-order valence-corrected chi connectivity index (χ1v) is 7.41. The minimum atomic E-state index is -0.210. The Morgan fingerprint density at radius 1 is 1.24 bits per heavy atom. The molecule has 0 saturated heterocycles. The molecule has 2 aromatic rings. The maximum atomic E-state index is 11.9. The number of aromatic nitrogens is 2. The summed E-state index contributed by atoms with van der Waals surface area (Å²) in [5.74, 6) is 0.363. The van der Waals surface area contributed by atoms with E-state index < -0.39 is 0 Å². The predicted molar refractivity (Wildman–Crippen MR) is 86.8 cm³/mol. The lowest BCUT2D eigenvalue weighted by Gasteiger charge is -2.10. The van der Waals surface area contributed by atoms with E-state index in [9.17, 15) is 4.79 Å². The third kappa shape index (κ3) is 4.26. The molecule has 5 nitrogen and oxygen atoms in total. The molecule has 1 heterocycles. The smallest absolute Gasteiger partial charge is 0.270 e. The summed E-state index contributed by atoms with van der Waals surface area (Å²) in [5.41, 5.74) is 2.38. The Labute approximate surface area is 132 Å². The maximum Gasteiger partial charge on any atom is 0.270 e. The molecule has 21 heavy (non-hydrogen) atoms. The van der Waals surface area contributed by atoms with Crippen molar-refractivity contribution in [2.75, 3.05) is 5.32 Å². The molecule has 0 atom stereocenters. The molecule has 0 aliphatic rings. The van der Waals surface area contributed by atoms with Crippen molar-refractivity contribution in [1.82, 2.24) is 15.3 Å². The van der Waals surface area contributed by atoms with Crippen molar-refractivity contribution in [3.05, 3.63) is 46.3 Å². The second kappa shape index (κ2) is 6.67. The Bertz CT molecular complexity index is 658. The summed E-state index contributed by atoms with van der Waals surface area (Å²) in [6, 6.07) is 7.66. The first-order valence-electron chi connectivity index (χ1n) is 6.62. The van der Waals surface area contributed by atoms with E-state index in [2.05, 4.69) is 36.5 Å². The molecule has 1 aromatic heterocycles. The second-order valence-electron chi connectivity index (χ2n) is 5.02. The quantitative estimate of drug-likeness (QED) is 0.888. The van der Waals surface area contributed by atoms with E-state index >= 15 is 0 Å². The largest absolute Gasteiger partial charge is 0.349 e. The summed E-state index contributed by atoms with van der Waals surface area (Å²) in [4.78, 5) is 20.1. The molecular formula is C15H17BrN4O. The fourth-order valence-corrected chi connectivity index (χ4v) is 2.34. The van der Waals surface area contributed by atoms with Gasteiger partial charge in [0.25, 0.3) is 5.91 Å². The lowest BCUT2D eigenvalue weighted by molar-refractivity contribution is 0.0938. The Kier molecular flexibility index (Phi) is 4.90. The summed E-state index contributed by atoms with van der Waals surface area (Å²) in [7, 11) is 0. The van der Waals surface area contributed by atoms with E-state index in [4.69, 9.17) is 0 Å². The van der Waals surface area contributed by atoms with Crippen LogP contribution in [0.3, 0.4) is 0 Å². The molecule has 0 aliphatic carbocycles. The highest BCUT2D eigenvalue weighted by atomic mass is 79.9. The average molecular weight is 349 g/mol. The third-order valence-electron chi connectivity index (χ3n) is 2.71. The summed E-state index contributed by atoms with van der Waals surface area (Å²) in [6.07, 6.45) is 1.37. The van der Waals surface area contributed by atoms with E-state index in [1.807, 2.05) is 39.0 Å². The number of aryl methyl sites for hydroxylation is 1. The Morgan fingerprint density at radius 2 is 2.00 bits per heavy atom. The Hall–Kier alpha value is -1.95. The second-order valence-corrected chi connectivity index (χ2v) is 5.88. The van der Waals surface area contributed by atoms with Gasteiger partial charge in [-0.2, -0.15) is 0 Å². The van der Waals surface area contributed by atoms with Gasteiger partial charge in [-0.15, -0.1) is 0 Å². The number of halogens is 1. The van der Waals surface area contributed by atoms with Gasteiger partial charge in [-0.25, -0.2) is 9.97 Å². The van der Waals surface area contributed by atoms with Crippen LogP contribution in [0.5, 0.6) is 0 Å². The van der Waals surface area contributed by atoms with Crippen LogP contribution in [0.4, 0.5) is 11.5 Å². The van der Waals surface area contributed by atoms with Crippen LogP contribution in [-0.2, 0) is 0 Å².